The maximum absolute atomic E-state index is 4.72. The van der Waals surface area contributed by atoms with Gasteiger partial charge in [0.05, 0.1) is 33.0 Å². The van der Waals surface area contributed by atoms with Crippen LogP contribution in [-0.2, 0) is 0 Å². The van der Waals surface area contributed by atoms with E-state index in [9.17, 15) is 0 Å². The molecule has 14 heteroatoms. The van der Waals surface area contributed by atoms with Gasteiger partial charge in [0, 0.05) is 66.3 Å². The fourth-order valence-corrected chi connectivity index (χ4v) is 5.70. The lowest BCUT2D eigenvalue weighted by Gasteiger charge is -1.97. The highest BCUT2D eigenvalue weighted by atomic mass is 32.1. The van der Waals surface area contributed by atoms with Gasteiger partial charge in [0.2, 0.25) is 0 Å². The number of oxazole rings is 1. The highest BCUT2D eigenvalue weighted by Crippen LogP contribution is 2.20. The average Bonchev–Trinajstić information content (AvgIpc) is 4.38. The van der Waals surface area contributed by atoms with Gasteiger partial charge in [-0.15, -0.1) is 22.7 Å². The number of benzene rings is 2. The van der Waals surface area contributed by atoms with Crippen LogP contribution in [0.5, 0.6) is 0 Å². The molecule has 10 rings (SSSR count). The molecule has 1 aliphatic heterocycles. The Labute approximate surface area is 465 Å². The number of rotatable bonds is 0. The van der Waals surface area contributed by atoms with E-state index in [0.29, 0.717) is 0 Å². The van der Waals surface area contributed by atoms with Gasteiger partial charge in [-0.3, -0.25) is 25.0 Å². The summed E-state index contributed by atoms with van der Waals surface area (Å²) in [4.78, 5) is 34.7. The lowest BCUT2D eigenvalue weighted by molar-refractivity contribution is 0.521. The number of aromatic nitrogens is 10. The summed E-state index contributed by atoms with van der Waals surface area (Å²) in [5.74, 6) is 3.36. The van der Waals surface area contributed by atoms with Gasteiger partial charge in [0.1, 0.15) is 23.7 Å². The normalized spacial score (nSPS) is 8.67. The molecule has 12 nitrogen and oxygen atoms in total. The average molecular weight is 1070 g/mol. The molecule has 75 heavy (non-hydrogen) atoms. The number of pyridine rings is 2. The van der Waals surface area contributed by atoms with Crippen LogP contribution in [0.4, 0.5) is 0 Å². The Morgan fingerprint density at radius 3 is 1.44 bits per heavy atom. The number of hydrogen-bond donors (Lipinski definition) is 2. The summed E-state index contributed by atoms with van der Waals surface area (Å²) in [5, 5.41) is 13.2. The van der Waals surface area contributed by atoms with Gasteiger partial charge in [-0.1, -0.05) is 167 Å². The highest BCUT2D eigenvalue weighted by Gasteiger charge is 1.96. The molecule has 8 heterocycles. The SMILES string of the molecule is C.CC.CC.CC.CC.CC.CC.CC.CC.CC1=NCC=C1.Cc1n[nH]c(C)n1.Cc1nc2ccccc2s1.Cc1ncc[nH]1.Cc1nccc2ccccc12.Cc1ncco1.Cc1nccs1.c1ccncc1. The summed E-state index contributed by atoms with van der Waals surface area (Å²) in [6.07, 6.45) is 17.9. The number of thiazole rings is 2. The molecule has 0 atom stereocenters. The third kappa shape index (κ3) is 49.5. The van der Waals surface area contributed by atoms with E-state index in [1.807, 2.05) is 231 Å². The summed E-state index contributed by atoms with van der Waals surface area (Å²) >= 11 is 3.41. The second-order valence-electron chi connectivity index (χ2n) is 12.0. The number of fused-ring (bicyclic) bond motifs is 2. The first-order valence-corrected chi connectivity index (χ1v) is 28.0. The van der Waals surface area contributed by atoms with E-state index >= 15 is 0 Å². The third-order valence-electron chi connectivity index (χ3n) is 7.10. The van der Waals surface area contributed by atoms with E-state index in [-0.39, 0.29) is 7.43 Å². The van der Waals surface area contributed by atoms with Gasteiger partial charge in [-0.05, 0) is 90.3 Å². The van der Waals surface area contributed by atoms with Crippen LogP contribution in [0, 0.1) is 48.5 Å². The molecule has 0 aliphatic carbocycles. The topological polar surface area (TPSA) is 160 Å². The lowest BCUT2D eigenvalue weighted by atomic mass is 10.1. The molecule has 0 saturated heterocycles. The monoisotopic (exact) mass is 1070 g/mol. The quantitative estimate of drug-likeness (QED) is 0.151. The zero-order valence-corrected chi connectivity index (χ0v) is 51.9. The Balaban J connectivity index is -0.000000137. The molecule has 9 aromatic rings. The van der Waals surface area contributed by atoms with Gasteiger partial charge in [0.15, 0.2) is 5.89 Å². The maximum Gasteiger partial charge on any atom is 0.190 e. The number of H-pyrrole nitrogens is 2. The number of para-hydroxylation sites is 1. The van der Waals surface area contributed by atoms with E-state index in [2.05, 4.69) is 79.3 Å². The van der Waals surface area contributed by atoms with Crippen molar-refractivity contribution in [1.82, 2.24) is 50.1 Å². The van der Waals surface area contributed by atoms with Gasteiger partial charge in [-0.2, -0.15) is 5.10 Å². The Bertz CT molecular complexity index is 2270. The summed E-state index contributed by atoms with van der Waals surface area (Å²) in [7, 11) is 0. The number of nitrogens with one attached hydrogen (secondary N) is 2. The Kier molecular flexibility index (Phi) is 72.1. The molecule has 2 aromatic carbocycles. The third-order valence-corrected chi connectivity index (χ3v) is 8.76. The molecule has 0 fully saturated rings. The predicted octanol–water partition coefficient (Wildman–Crippen LogP) is 19.7. The van der Waals surface area contributed by atoms with Crippen LogP contribution in [0.3, 0.4) is 0 Å². The number of aromatic amines is 2. The number of aliphatic imine (C=N–C) groups is 1. The summed E-state index contributed by atoms with van der Waals surface area (Å²) < 4.78 is 6.00. The number of aryl methyl sites for hydroxylation is 7. The van der Waals surface area contributed by atoms with Crippen LogP contribution >= 0.6 is 22.7 Å². The van der Waals surface area contributed by atoms with E-state index in [1.54, 1.807) is 73.0 Å². The van der Waals surface area contributed by atoms with Gasteiger partial charge in [-0.25, -0.2) is 19.9 Å². The lowest BCUT2D eigenvalue weighted by Crippen LogP contribution is -1.80. The summed E-state index contributed by atoms with van der Waals surface area (Å²) in [6, 6.07) is 24.2. The molecule has 0 bridgehead atoms. The van der Waals surface area contributed by atoms with Crippen molar-refractivity contribution in [2.24, 2.45) is 4.99 Å². The van der Waals surface area contributed by atoms with E-state index in [0.717, 1.165) is 56.8 Å². The second kappa shape index (κ2) is 65.5. The largest absolute Gasteiger partial charge is 0.449 e. The van der Waals surface area contributed by atoms with E-state index in [1.165, 1.54) is 15.5 Å². The van der Waals surface area contributed by atoms with Crippen LogP contribution in [0.1, 0.15) is 164 Å². The maximum atomic E-state index is 4.72. The van der Waals surface area contributed by atoms with Crippen LogP contribution in [0.2, 0.25) is 0 Å². The first-order valence-electron chi connectivity index (χ1n) is 26.3. The molecule has 0 radical (unpaired) electrons. The second-order valence-corrected chi connectivity index (χ2v) is 14.3. The Morgan fingerprint density at radius 1 is 0.533 bits per heavy atom. The fraction of sp³-hybridized carbons (Fsp3) is 0.426. The van der Waals surface area contributed by atoms with Gasteiger partial charge >= 0.3 is 0 Å². The number of imidazole rings is 1. The van der Waals surface area contributed by atoms with Crippen molar-refractivity contribution in [3.8, 4) is 0 Å². The zero-order chi connectivity index (χ0) is 57.8. The molecule has 7 aromatic heterocycles. The van der Waals surface area contributed by atoms with Crippen molar-refractivity contribution in [3.05, 3.63) is 179 Å². The van der Waals surface area contributed by atoms with Crippen molar-refractivity contribution in [3.63, 3.8) is 0 Å². The minimum atomic E-state index is 0. The molecule has 0 unspecified atom stereocenters. The van der Waals surface area contributed by atoms with E-state index in [4.69, 9.17) is 4.42 Å². The molecule has 2 N–H and O–H groups in total. The first-order chi connectivity index (χ1) is 36.1. The molecule has 0 spiro atoms. The minimum Gasteiger partial charge on any atom is -0.449 e. The zero-order valence-electron chi connectivity index (χ0n) is 50.2. The Morgan fingerprint density at radius 2 is 1.13 bits per heavy atom. The van der Waals surface area contributed by atoms with Crippen molar-refractivity contribution < 1.29 is 4.42 Å². The minimum absolute atomic E-state index is 0. The molecular weight excluding hydrogens is 967 g/mol. The van der Waals surface area contributed by atoms with Crippen LogP contribution in [0.15, 0.2) is 149 Å². The summed E-state index contributed by atoms with van der Waals surface area (Å²) in [6.45, 7) is 48.4. The van der Waals surface area contributed by atoms with Crippen LogP contribution in [0.25, 0.3) is 21.0 Å². The van der Waals surface area contributed by atoms with Crippen LogP contribution < -0.4 is 0 Å². The van der Waals surface area contributed by atoms with Gasteiger partial charge < -0.3 is 9.40 Å². The van der Waals surface area contributed by atoms with Crippen molar-refractivity contribution in [2.75, 3.05) is 6.54 Å². The molecule has 1 aliphatic rings. The smallest absolute Gasteiger partial charge is 0.190 e. The van der Waals surface area contributed by atoms with Crippen molar-refractivity contribution >= 4 is 49.4 Å². The van der Waals surface area contributed by atoms with Crippen LogP contribution in [-0.4, -0.2) is 62.3 Å². The number of allylic oxidation sites excluding steroid dienone is 1. The van der Waals surface area contributed by atoms with Gasteiger partial charge in [0.25, 0.3) is 0 Å². The molecule has 0 amide bonds. The van der Waals surface area contributed by atoms with E-state index < -0.39 is 0 Å². The predicted molar refractivity (Wildman–Crippen MR) is 337 cm³/mol. The molecule has 0 saturated carbocycles. The summed E-state index contributed by atoms with van der Waals surface area (Å²) in [5.41, 5.74) is 3.36. The Hall–Kier alpha value is -6.51. The number of hydrogen-bond acceptors (Lipinski definition) is 12. The first kappa shape index (κ1) is 82.5. The number of nitrogens with zero attached hydrogens (tertiary/aromatic N) is 9. The van der Waals surface area contributed by atoms with Crippen molar-refractivity contribution in [1.29, 1.82) is 0 Å². The highest BCUT2D eigenvalue weighted by molar-refractivity contribution is 7.18. The standard InChI is InChI=1S/C10H9N.C8H7NS.C5H7N.C5H5N.C4H7N3.C4H6N2.C4H5NO.C4H5NS.8C2H6.CH4/c1-8-10-5-3-2-4-9(10)6-7-11-8;1-6-9-7-4-2-3-5-8(7)10-6;1-5-3-2-4-6-5;1-2-4-6-5-3-1;1-3-5-4(2)7-6-3;3*1-4-5-2-3-6-4;8*1-2;/h2-7H,1H3;2-5H,1H3;2-3H,4H2,1H3;1-5H;1-2H3,(H,5,6,7);2-3H,1H3,(H,5,6);2*2-3H,1H3;8*1-2H3;1H4. The molecule has 420 valence electrons. The molecular formula is C61H103N11OS2. The fourth-order valence-electron chi connectivity index (χ4n) is 4.43. The van der Waals surface area contributed by atoms with Crippen molar-refractivity contribution in [2.45, 2.75) is 174 Å².